The molecule has 104 valence electrons. The van der Waals surface area contributed by atoms with Gasteiger partial charge in [0.1, 0.15) is 5.82 Å². The van der Waals surface area contributed by atoms with Crippen molar-refractivity contribution in [2.45, 2.75) is 58.4 Å². The molecule has 0 saturated carbocycles. The zero-order valence-corrected chi connectivity index (χ0v) is 12.7. The van der Waals surface area contributed by atoms with Gasteiger partial charge in [0.05, 0.1) is 16.9 Å². The van der Waals surface area contributed by atoms with E-state index in [9.17, 15) is 0 Å². The van der Waals surface area contributed by atoms with Gasteiger partial charge in [-0.3, -0.25) is 0 Å². The average molecular weight is 279 g/mol. The molecule has 0 aliphatic heterocycles. The fourth-order valence-electron chi connectivity index (χ4n) is 2.49. The van der Waals surface area contributed by atoms with Crippen molar-refractivity contribution < 1.29 is 0 Å². The highest BCUT2D eigenvalue weighted by Crippen LogP contribution is 2.20. The number of aryl methyl sites for hydroxylation is 2. The van der Waals surface area contributed by atoms with Crippen LogP contribution in [0.2, 0.25) is 0 Å². The van der Waals surface area contributed by atoms with Gasteiger partial charge < -0.3 is 4.57 Å². The molecule has 2 aromatic rings. The summed E-state index contributed by atoms with van der Waals surface area (Å²) in [4.78, 5) is 4.67. The van der Waals surface area contributed by atoms with Crippen molar-refractivity contribution in [1.82, 2.24) is 9.55 Å². The molecular formula is C16H23ClN2. The third kappa shape index (κ3) is 3.30. The van der Waals surface area contributed by atoms with Crippen LogP contribution in [0.4, 0.5) is 0 Å². The van der Waals surface area contributed by atoms with E-state index in [2.05, 4.69) is 41.6 Å². The second kappa shape index (κ2) is 6.95. The first kappa shape index (κ1) is 14.4. The Kier molecular flexibility index (Phi) is 5.26. The van der Waals surface area contributed by atoms with Crippen LogP contribution in [0.3, 0.4) is 0 Å². The summed E-state index contributed by atoms with van der Waals surface area (Å²) in [6, 6.07) is 6.58. The fraction of sp³-hybridized carbons (Fsp3) is 0.562. The SMILES string of the molecule is CCCCCCn1c(CCl)nc2cc(CC)ccc21. The molecule has 1 aromatic carbocycles. The van der Waals surface area contributed by atoms with Crippen LogP contribution in [-0.4, -0.2) is 9.55 Å². The van der Waals surface area contributed by atoms with E-state index in [0.717, 1.165) is 24.3 Å². The Hall–Kier alpha value is -1.02. The van der Waals surface area contributed by atoms with E-state index in [1.165, 1.54) is 36.8 Å². The zero-order chi connectivity index (χ0) is 13.7. The van der Waals surface area contributed by atoms with Crippen molar-refractivity contribution in [1.29, 1.82) is 0 Å². The molecule has 0 spiro atoms. The molecule has 0 N–H and O–H groups in total. The Labute approximate surface area is 120 Å². The van der Waals surface area contributed by atoms with Gasteiger partial charge in [0, 0.05) is 6.54 Å². The van der Waals surface area contributed by atoms with Gasteiger partial charge in [-0.1, -0.05) is 39.2 Å². The molecular weight excluding hydrogens is 256 g/mol. The number of imidazole rings is 1. The quantitative estimate of drug-likeness (QED) is 0.519. The number of rotatable bonds is 7. The molecule has 0 atom stereocenters. The van der Waals surface area contributed by atoms with Crippen molar-refractivity contribution in [3.8, 4) is 0 Å². The van der Waals surface area contributed by atoms with Crippen LogP contribution in [0.25, 0.3) is 11.0 Å². The summed E-state index contributed by atoms with van der Waals surface area (Å²) in [6.07, 6.45) is 6.12. The predicted octanol–water partition coefficient (Wildman–Crippen LogP) is 4.92. The Morgan fingerprint density at radius 2 is 2.00 bits per heavy atom. The van der Waals surface area contributed by atoms with Gasteiger partial charge in [0.15, 0.2) is 0 Å². The highest BCUT2D eigenvalue weighted by Gasteiger charge is 2.09. The molecule has 3 heteroatoms. The highest BCUT2D eigenvalue weighted by atomic mass is 35.5. The molecule has 19 heavy (non-hydrogen) atoms. The number of unbranched alkanes of at least 4 members (excludes halogenated alkanes) is 3. The molecule has 1 aromatic heterocycles. The minimum atomic E-state index is 0.490. The van der Waals surface area contributed by atoms with Crippen molar-refractivity contribution in [2.24, 2.45) is 0 Å². The maximum atomic E-state index is 6.03. The Balaban J connectivity index is 2.24. The topological polar surface area (TPSA) is 17.8 Å². The van der Waals surface area contributed by atoms with Gasteiger partial charge in [-0.15, -0.1) is 11.6 Å². The van der Waals surface area contributed by atoms with Crippen LogP contribution in [0.1, 0.15) is 50.9 Å². The van der Waals surface area contributed by atoms with Gasteiger partial charge in [-0.05, 0) is 30.5 Å². The number of aromatic nitrogens is 2. The second-order valence-corrected chi connectivity index (χ2v) is 5.32. The van der Waals surface area contributed by atoms with Crippen molar-refractivity contribution in [3.63, 3.8) is 0 Å². The number of benzene rings is 1. The number of halogens is 1. The van der Waals surface area contributed by atoms with Crippen molar-refractivity contribution >= 4 is 22.6 Å². The van der Waals surface area contributed by atoms with E-state index in [1.54, 1.807) is 0 Å². The van der Waals surface area contributed by atoms with Gasteiger partial charge >= 0.3 is 0 Å². The first-order chi connectivity index (χ1) is 9.30. The lowest BCUT2D eigenvalue weighted by Gasteiger charge is -2.07. The summed E-state index contributed by atoms with van der Waals surface area (Å²) in [5.74, 6) is 1.49. The standard InChI is InChI=1S/C16H23ClN2/c1-3-5-6-7-10-19-15-9-8-13(4-2)11-14(15)18-16(19)12-17/h8-9,11H,3-7,10,12H2,1-2H3. The molecule has 0 fully saturated rings. The molecule has 0 bridgehead atoms. The molecule has 0 radical (unpaired) electrons. The summed E-state index contributed by atoms with van der Waals surface area (Å²) in [5.41, 5.74) is 3.65. The van der Waals surface area contributed by atoms with E-state index >= 15 is 0 Å². The third-order valence-corrected chi connectivity index (χ3v) is 3.89. The van der Waals surface area contributed by atoms with Crippen LogP contribution in [-0.2, 0) is 18.8 Å². The van der Waals surface area contributed by atoms with E-state index < -0.39 is 0 Å². The first-order valence-corrected chi connectivity index (χ1v) is 7.87. The monoisotopic (exact) mass is 278 g/mol. The third-order valence-electron chi connectivity index (χ3n) is 3.65. The molecule has 0 unspecified atom stereocenters. The van der Waals surface area contributed by atoms with Crippen LogP contribution in [0, 0.1) is 0 Å². The van der Waals surface area contributed by atoms with E-state index in [4.69, 9.17) is 11.6 Å². The Morgan fingerprint density at radius 1 is 1.16 bits per heavy atom. The van der Waals surface area contributed by atoms with Crippen LogP contribution < -0.4 is 0 Å². The largest absolute Gasteiger partial charge is 0.327 e. The second-order valence-electron chi connectivity index (χ2n) is 5.05. The van der Waals surface area contributed by atoms with Gasteiger partial charge in [-0.25, -0.2) is 4.98 Å². The molecule has 2 rings (SSSR count). The van der Waals surface area contributed by atoms with Gasteiger partial charge in [0.25, 0.3) is 0 Å². The minimum absolute atomic E-state index is 0.490. The zero-order valence-electron chi connectivity index (χ0n) is 12.0. The highest BCUT2D eigenvalue weighted by molar-refractivity contribution is 6.16. The Bertz CT molecular complexity index is 531. The lowest BCUT2D eigenvalue weighted by Crippen LogP contribution is -2.02. The molecule has 0 amide bonds. The summed E-state index contributed by atoms with van der Waals surface area (Å²) in [5, 5.41) is 0. The molecule has 2 nitrogen and oxygen atoms in total. The summed E-state index contributed by atoms with van der Waals surface area (Å²) in [6.45, 7) is 5.44. The minimum Gasteiger partial charge on any atom is -0.327 e. The normalized spacial score (nSPS) is 11.3. The number of fused-ring (bicyclic) bond motifs is 1. The van der Waals surface area contributed by atoms with Crippen LogP contribution >= 0.6 is 11.6 Å². The van der Waals surface area contributed by atoms with Crippen LogP contribution in [0.15, 0.2) is 18.2 Å². The molecule has 0 aliphatic carbocycles. The Morgan fingerprint density at radius 3 is 2.68 bits per heavy atom. The number of hydrogen-bond acceptors (Lipinski definition) is 1. The predicted molar refractivity (Wildman–Crippen MR) is 82.8 cm³/mol. The lowest BCUT2D eigenvalue weighted by molar-refractivity contribution is 0.581. The van der Waals surface area contributed by atoms with E-state index in [1.807, 2.05) is 0 Å². The smallest absolute Gasteiger partial charge is 0.124 e. The van der Waals surface area contributed by atoms with E-state index in [-0.39, 0.29) is 0 Å². The maximum absolute atomic E-state index is 6.03. The first-order valence-electron chi connectivity index (χ1n) is 7.34. The van der Waals surface area contributed by atoms with Gasteiger partial charge in [0.2, 0.25) is 0 Å². The van der Waals surface area contributed by atoms with Crippen LogP contribution in [0.5, 0.6) is 0 Å². The number of hydrogen-bond donors (Lipinski definition) is 0. The molecule has 0 aliphatic rings. The summed E-state index contributed by atoms with van der Waals surface area (Å²) in [7, 11) is 0. The molecule has 1 heterocycles. The van der Waals surface area contributed by atoms with Crippen molar-refractivity contribution in [2.75, 3.05) is 0 Å². The summed E-state index contributed by atoms with van der Waals surface area (Å²) >= 11 is 6.03. The average Bonchev–Trinajstić information content (AvgIpc) is 2.80. The number of alkyl halides is 1. The van der Waals surface area contributed by atoms with Crippen molar-refractivity contribution in [3.05, 3.63) is 29.6 Å². The maximum Gasteiger partial charge on any atom is 0.124 e. The fourth-order valence-corrected chi connectivity index (χ4v) is 2.70. The van der Waals surface area contributed by atoms with Gasteiger partial charge in [-0.2, -0.15) is 0 Å². The lowest BCUT2D eigenvalue weighted by atomic mass is 10.1. The van der Waals surface area contributed by atoms with E-state index in [0.29, 0.717) is 5.88 Å². The molecule has 0 saturated heterocycles. The summed E-state index contributed by atoms with van der Waals surface area (Å²) < 4.78 is 2.29. The number of nitrogens with zero attached hydrogens (tertiary/aromatic N) is 2.